The summed E-state index contributed by atoms with van der Waals surface area (Å²) in [5.74, 6) is 0.224. The van der Waals surface area contributed by atoms with E-state index in [4.69, 9.17) is 17.2 Å². The standard InChI is InChI=1S/C10H18N4O2/c1-5-6(4-14-10(13)8(5)12)9(16)7(15)2-3-11/h4,7,9,15-16H,2-3,11-12H2,1H3,(H2,13,14). The molecule has 0 amide bonds. The molecule has 0 spiro atoms. The second-order valence-corrected chi connectivity index (χ2v) is 3.73. The fourth-order valence-corrected chi connectivity index (χ4v) is 1.49. The van der Waals surface area contributed by atoms with Crippen molar-refractivity contribution in [3.8, 4) is 0 Å². The highest BCUT2D eigenvalue weighted by atomic mass is 16.3. The van der Waals surface area contributed by atoms with Crippen LogP contribution in [-0.2, 0) is 0 Å². The molecule has 0 aliphatic rings. The predicted molar refractivity (Wildman–Crippen MR) is 62.4 cm³/mol. The number of anilines is 2. The van der Waals surface area contributed by atoms with Crippen LogP contribution in [0.15, 0.2) is 6.20 Å². The number of nitrogen functional groups attached to an aromatic ring is 2. The molecule has 1 aromatic rings. The molecule has 0 radical (unpaired) electrons. The maximum absolute atomic E-state index is 9.87. The third-order valence-corrected chi connectivity index (χ3v) is 2.60. The van der Waals surface area contributed by atoms with Crippen molar-refractivity contribution in [1.29, 1.82) is 0 Å². The Balaban J connectivity index is 3.00. The van der Waals surface area contributed by atoms with E-state index in [0.29, 0.717) is 29.8 Å². The zero-order valence-corrected chi connectivity index (χ0v) is 9.22. The Labute approximate surface area is 94.1 Å². The zero-order chi connectivity index (χ0) is 12.3. The maximum Gasteiger partial charge on any atom is 0.146 e. The number of rotatable bonds is 4. The molecule has 0 aliphatic carbocycles. The molecule has 0 aliphatic heterocycles. The van der Waals surface area contributed by atoms with Crippen LogP contribution in [-0.4, -0.2) is 27.8 Å². The first kappa shape index (κ1) is 12.7. The Morgan fingerprint density at radius 2 is 2.00 bits per heavy atom. The van der Waals surface area contributed by atoms with Gasteiger partial charge in [-0.2, -0.15) is 0 Å². The van der Waals surface area contributed by atoms with Crippen LogP contribution in [0.25, 0.3) is 0 Å². The van der Waals surface area contributed by atoms with Crippen molar-refractivity contribution in [2.24, 2.45) is 5.73 Å². The fourth-order valence-electron chi connectivity index (χ4n) is 1.49. The summed E-state index contributed by atoms with van der Waals surface area (Å²) < 4.78 is 0. The van der Waals surface area contributed by atoms with Gasteiger partial charge in [0.25, 0.3) is 0 Å². The Morgan fingerprint density at radius 3 is 2.56 bits per heavy atom. The third kappa shape index (κ3) is 2.41. The van der Waals surface area contributed by atoms with Crippen molar-refractivity contribution in [3.63, 3.8) is 0 Å². The second kappa shape index (κ2) is 5.11. The molecule has 0 fully saturated rings. The van der Waals surface area contributed by atoms with Crippen LogP contribution in [0.4, 0.5) is 11.5 Å². The highest BCUT2D eigenvalue weighted by Crippen LogP contribution is 2.27. The van der Waals surface area contributed by atoms with Gasteiger partial charge in [0, 0.05) is 11.8 Å². The molecule has 6 nitrogen and oxygen atoms in total. The molecule has 8 N–H and O–H groups in total. The number of hydrogen-bond acceptors (Lipinski definition) is 6. The van der Waals surface area contributed by atoms with E-state index < -0.39 is 12.2 Å². The van der Waals surface area contributed by atoms with E-state index in [2.05, 4.69) is 4.98 Å². The van der Waals surface area contributed by atoms with Gasteiger partial charge in [0.15, 0.2) is 0 Å². The van der Waals surface area contributed by atoms with E-state index >= 15 is 0 Å². The summed E-state index contributed by atoms with van der Waals surface area (Å²) in [5.41, 5.74) is 18.0. The summed E-state index contributed by atoms with van der Waals surface area (Å²) in [4.78, 5) is 3.85. The molecule has 2 atom stereocenters. The Morgan fingerprint density at radius 1 is 1.38 bits per heavy atom. The zero-order valence-electron chi connectivity index (χ0n) is 9.22. The first-order valence-corrected chi connectivity index (χ1v) is 5.05. The van der Waals surface area contributed by atoms with Crippen molar-refractivity contribution in [1.82, 2.24) is 4.98 Å². The minimum atomic E-state index is -1.04. The summed E-state index contributed by atoms with van der Waals surface area (Å²) in [6, 6.07) is 0. The van der Waals surface area contributed by atoms with Gasteiger partial charge < -0.3 is 27.4 Å². The van der Waals surface area contributed by atoms with Crippen molar-refractivity contribution in [2.75, 3.05) is 18.0 Å². The first-order chi connectivity index (χ1) is 7.49. The maximum atomic E-state index is 9.87. The van der Waals surface area contributed by atoms with Crippen LogP contribution in [0.3, 0.4) is 0 Å². The lowest BCUT2D eigenvalue weighted by atomic mass is 9.99. The smallest absolute Gasteiger partial charge is 0.146 e. The van der Waals surface area contributed by atoms with E-state index in [1.165, 1.54) is 6.20 Å². The summed E-state index contributed by atoms with van der Waals surface area (Å²) in [7, 11) is 0. The number of nitrogens with zero attached hydrogens (tertiary/aromatic N) is 1. The molecule has 1 aromatic heterocycles. The van der Waals surface area contributed by atoms with Crippen LogP contribution >= 0.6 is 0 Å². The monoisotopic (exact) mass is 226 g/mol. The van der Waals surface area contributed by atoms with Crippen LogP contribution in [0.1, 0.15) is 23.7 Å². The lowest BCUT2D eigenvalue weighted by molar-refractivity contribution is 0.0145. The second-order valence-electron chi connectivity index (χ2n) is 3.73. The molecule has 1 rings (SSSR count). The SMILES string of the molecule is Cc1c(C(O)C(O)CCN)cnc(N)c1N. The average molecular weight is 226 g/mol. The quantitative estimate of drug-likeness (QED) is 0.461. The molecule has 1 heterocycles. The molecule has 90 valence electrons. The van der Waals surface area contributed by atoms with Crippen molar-refractivity contribution in [3.05, 3.63) is 17.3 Å². The van der Waals surface area contributed by atoms with Gasteiger partial charge in [0.2, 0.25) is 0 Å². The number of aromatic nitrogens is 1. The molecular weight excluding hydrogens is 208 g/mol. The predicted octanol–water partition coefficient (Wildman–Crippen LogP) is -0.702. The largest absolute Gasteiger partial charge is 0.396 e. The van der Waals surface area contributed by atoms with Crippen LogP contribution in [0.2, 0.25) is 0 Å². The van der Waals surface area contributed by atoms with Crippen LogP contribution < -0.4 is 17.2 Å². The van der Waals surface area contributed by atoms with Crippen molar-refractivity contribution in [2.45, 2.75) is 25.6 Å². The molecular formula is C10H18N4O2. The number of aliphatic hydroxyl groups is 2. The summed E-state index contributed by atoms with van der Waals surface area (Å²) in [6.45, 7) is 2.02. The van der Waals surface area contributed by atoms with Gasteiger partial charge in [-0.3, -0.25) is 0 Å². The fraction of sp³-hybridized carbons (Fsp3) is 0.500. The van der Waals surface area contributed by atoms with Crippen LogP contribution in [0, 0.1) is 6.92 Å². The minimum Gasteiger partial charge on any atom is -0.396 e. The number of nitrogens with two attached hydrogens (primary N) is 3. The van der Waals surface area contributed by atoms with E-state index in [0.717, 1.165) is 0 Å². The summed E-state index contributed by atoms with van der Waals surface area (Å²) in [6.07, 6.45) is -0.233. The molecule has 0 bridgehead atoms. The molecule has 16 heavy (non-hydrogen) atoms. The van der Waals surface area contributed by atoms with Gasteiger partial charge in [0.05, 0.1) is 11.8 Å². The highest BCUT2D eigenvalue weighted by molar-refractivity contribution is 5.64. The molecule has 0 saturated carbocycles. The van der Waals surface area contributed by atoms with Gasteiger partial charge in [-0.25, -0.2) is 4.98 Å². The summed E-state index contributed by atoms with van der Waals surface area (Å²) >= 11 is 0. The Hall–Kier alpha value is -1.37. The van der Waals surface area contributed by atoms with Crippen LogP contribution in [0.5, 0.6) is 0 Å². The number of hydrogen-bond donors (Lipinski definition) is 5. The Bertz CT molecular complexity index is 370. The van der Waals surface area contributed by atoms with Gasteiger partial charge in [0.1, 0.15) is 11.9 Å². The Kier molecular flexibility index (Phi) is 4.05. The first-order valence-electron chi connectivity index (χ1n) is 5.05. The molecule has 0 aromatic carbocycles. The lowest BCUT2D eigenvalue weighted by Crippen LogP contribution is -2.23. The van der Waals surface area contributed by atoms with Crippen molar-refractivity contribution < 1.29 is 10.2 Å². The summed E-state index contributed by atoms with van der Waals surface area (Å²) in [5, 5.41) is 19.5. The van der Waals surface area contributed by atoms with E-state index in [9.17, 15) is 10.2 Å². The molecule has 2 unspecified atom stereocenters. The molecule has 0 saturated heterocycles. The lowest BCUT2D eigenvalue weighted by Gasteiger charge is -2.20. The normalized spacial score (nSPS) is 14.8. The topological polar surface area (TPSA) is 131 Å². The van der Waals surface area contributed by atoms with Crippen molar-refractivity contribution >= 4 is 11.5 Å². The molecule has 6 heteroatoms. The van der Waals surface area contributed by atoms with Gasteiger partial charge in [-0.15, -0.1) is 0 Å². The average Bonchev–Trinajstić information content (AvgIpc) is 2.26. The van der Waals surface area contributed by atoms with Gasteiger partial charge in [-0.05, 0) is 25.5 Å². The van der Waals surface area contributed by atoms with E-state index in [-0.39, 0.29) is 5.82 Å². The van der Waals surface area contributed by atoms with E-state index in [1.54, 1.807) is 6.92 Å². The third-order valence-electron chi connectivity index (χ3n) is 2.60. The minimum absolute atomic E-state index is 0.224. The highest BCUT2D eigenvalue weighted by Gasteiger charge is 2.21. The van der Waals surface area contributed by atoms with Gasteiger partial charge >= 0.3 is 0 Å². The number of pyridine rings is 1. The van der Waals surface area contributed by atoms with Gasteiger partial charge in [-0.1, -0.05) is 0 Å². The van der Waals surface area contributed by atoms with E-state index in [1.807, 2.05) is 0 Å². The number of aliphatic hydroxyl groups excluding tert-OH is 2.